The van der Waals surface area contributed by atoms with E-state index in [2.05, 4.69) is 46.2 Å². The van der Waals surface area contributed by atoms with Crippen LogP contribution in [0.2, 0.25) is 0 Å². The minimum Gasteiger partial charge on any atom is -0.385 e. The molecule has 0 radical (unpaired) electrons. The molecule has 0 saturated heterocycles. The van der Waals surface area contributed by atoms with Gasteiger partial charge in [-0.1, -0.05) is 36.9 Å². The number of aromatic nitrogens is 1. The summed E-state index contributed by atoms with van der Waals surface area (Å²) in [5.41, 5.74) is 4.46. The Kier molecular flexibility index (Phi) is 4.48. The van der Waals surface area contributed by atoms with Crippen molar-refractivity contribution in [3.63, 3.8) is 0 Å². The van der Waals surface area contributed by atoms with E-state index in [0.29, 0.717) is 0 Å². The van der Waals surface area contributed by atoms with Gasteiger partial charge in [-0.05, 0) is 16.8 Å². The Morgan fingerprint density at radius 3 is 2.76 bits per heavy atom. The summed E-state index contributed by atoms with van der Waals surface area (Å²) in [6, 6.07) is 12.4. The zero-order valence-electron chi connectivity index (χ0n) is 11.6. The van der Waals surface area contributed by atoms with Crippen LogP contribution < -0.4 is 5.32 Å². The second-order valence-corrected chi connectivity index (χ2v) is 6.32. The van der Waals surface area contributed by atoms with Crippen molar-refractivity contribution in [1.82, 2.24) is 10.3 Å². The van der Waals surface area contributed by atoms with Gasteiger partial charge in [-0.15, -0.1) is 11.3 Å². The summed E-state index contributed by atoms with van der Waals surface area (Å²) in [5.74, 6) is 0. The molecule has 1 N–H and O–H groups in total. The molecular formula is C17H16N2S2. The monoisotopic (exact) mass is 312 g/mol. The molecule has 0 spiro atoms. The molecule has 2 heterocycles. The van der Waals surface area contributed by atoms with E-state index in [1.54, 1.807) is 22.7 Å². The molecule has 4 heteroatoms. The summed E-state index contributed by atoms with van der Waals surface area (Å²) >= 11 is 3.39. The van der Waals surface area contributed by atoms with Crippen molar-refractivity contribution in [2.45, 2.75) is 6.42 Å². The van der Waals surface area contributed by atoms with Crippen molar-refractivity contribution in [3.8, 4) is 10.6 Å². The third kappa shape index (κ3) is 3.60. The molecule has 3 rings (SSSR count). The van der Waals surface area contributed by atoms with Crippen molar-refractivity contribution >= 4 is 28.4 Å². The van der Waals surface area contributed by atoms with Gasteiger partial charge in [0.15, 0.2) is 0 Å². The van der Waals surface area contributed by atoms with E-state index in [9.17, 15) is 0 Å². The third-order valence-corrected chi connectivity index (χ3v) is 4.79. The maximum absolute atomic E-state index is 4.69. The van der Waals surface area contributed by atoms with E-state index in [4.69, 9.17) is 4.98 Å². The fourth-order valence-electron chi connectivity index (χ4n) is 2.01. The molecule has 3 aromatic rings. The van der Waals surface area contributed by atoms with Crippen molar-refractivity contribution in [2.75, 3.05) is 6.54 Å². The number of thiazole rings is 1. The Hall–Kier alpha value is -1.91. The summed E-state index contributed by atoms with van der Waals surface area (Å²) in [5, 5.41) is 10.7. The van der Waals surface area contributed by atoms with Gasteiger partial charge in [-0.25, -0.2) is 4.98 Å². The Labute approximate surface area is 132 Å². The molecule has 0 aliphatic rings. The maximum Gasteiger partial charge on any atom is 0.123 e. The first-order valence-electron chi connectivity index (χ1n) is 6.78. The average molecular weight is 312 g/mol. The normalized spacial score (nSPS) is 10.5. The number of benzene rings is 1. The van der Waals surface area contributed by atoms with E-state index >= 15 is 0 Å². The van der Waals surface area contributed by atoms with Crippen LogP contribution in [0, 0.1) is 0 Å². The molecule has 0 unspecified atom stereocenters. The summed E-state index contributed by atoms with van der Waals surface area (Å²) in [6.07, 6.45) is 0.909. The van der Waals surface area contributed by atoms with Crippen LogP contribution in [0.15, 0.2) is 59.1 Å². The molecular weight excluding hydrogens is 296 g/mol. The highest BCUT2D eigenvalue weighted by molar-refractivity contribution is 7.13. The third-order valence-electron chi connectivity index (χ3n) is 3.16. The van der Waals surface area contributed by atoms with Crippen molar-refractivity contribution in [3.05, 3.63) is 70.4 Å². The van der Waals surface area contributed by atoms with Crippen LogP contribution in [0.25, 0.3) is 16.3 Å². The van der Waals surface area contributed by atoms with Gasteiger partial charge in [0.05, 0.1) is 5.69 Å². The van der Waals surface area contributed by atoms with Crippen LogP contribution >= 0.6 is 22.7 Å². The fraction of sp³-hybridized carbons (Fsp3) is 0.118. The lowest BCUT2D eigenvalue weighted by Gasteiger charge is -2.06. The molecule has 106 valence electrons. The number of hydrogen-bond acceptors (Lipinski definition) is 4. The zero-order chi connectivity index (χ0) is 14.5. The van der Waals surface area contributed by atoms with Gasteiger partial charge in [-0.2, -0.15) is 11.3 Å². The molecule has 2 aromatic heterocycles. The van der Waals surface area contributed by atoms with Crippen molar-refractivity contribution in [2.24, 2.45) is 0 Å². The minimum absolute atomic E-state index is 0.854. The van der Waals surface area contributed by atoms with E-state index in [-0.39, 0.29) is 0 Å². The number of thiophene rings is 1. The highest BCUT2D eigenvalue weighted by atomic mass is 32.1. The molecule has 21 heavy (non-hydrogen) atoms. The molecule has 0 aliphatic heterocycles. The van der Waals surface area contributed by atoms with Crippen LogP contribution in [-0.2, 0) is 6.42 Å². The van der Waals surface area contributed by atoms with Gasteiger partial charge in [0.1, 0.15) is 5.01 Å². The van der Waals surface area contributed by atoms with E-state index in [0.717, 1.165) is 29.4 Å². The summed E-state index contributed by atoms with van der Waals surface area (Å²) in [6.45, 7) is 4.91. The Balaban J connectivity index is 1.55. The largest absolute Gasteiger partial charge is 0.385 e. The summed E-state index contributed by atoms with van der Waals surface area (Å²) in [7, 11) is 0. The number of nitrogens with zero attached hydrogens (tertiary/aromatic N) is 1. The summed E-state index contributed by atoms with van der Waals surface area (Å²) < 4.78 is 0. The highest BCUT2D eigenvalue weighted by Crippen LogP contribution is 2.23. The zero-order valence-corrected chi connectivity index (χ0v) is 13.2. The van der Waals surface area contributed by atoms with Crippen LogP contribution in [0.1, 0.15) is 11.3 Å². The number of hydrogen-bond donors (Lipinski definition) is 1. The minimum atomic E-state index is 0.854. The van der Waals surface area contributed by atoms with Crippen LogP contribution in [-0.4, -0.2) is 11.5 Å². The van der Waals surface area contributed by atoms with Crippen LogP contribution in [0.4, 0.5) is 0 Å². The molecule has 0 amide bonds. The second-order valence-electron chi connectivity index (χ2n) is 4.68. The van der Waals surface area contributed by atoms with E-state index < -0.39 is 0 Å². The van der Waals surface area contributed by atoms with Crippen molar-refractivity contribution in [1.29, 1.82) is 0 Å². The van der Waals surface area contributed by atoms with Gasteiger partial charge in [0, 0.05) is 35.2 Å². The van der Waals surface area contributed by atoms with Crippen LogP contribution in [0.5, 0.6) is 0 Å². The lowest BCUT2D eigenvalue weighted by Crippen LogP contribution is -2.14. The standard InChI is InChI=1S/C17H16N2S2/c1-13(15-8-10-20-11-15)18-9-7-16-12-21-17(19-16)14-5-3-2-4-6-14/h2-6,8,10-12,18H,1,7,9H2. The van der Waals surface area contributed by atoms with Gasteiger partial charge in [0.2, 0.25) is 0 Å². The topological polar surface area (TPSA) is 24.9 Å². The first-order chi connectivity index (χ1) is 10.3. The Bertz CT molecular complexity index is 699. The quantitative estimate of drug-likeness (QED) is 0.715. The van der Waals surface area contributed by atoms with Gasteiger partial charge >= 0.3 is 0 Å². The lowest BCUT2D eigenvalue weighted by atomic mass is 10.2. The van der Waals surface area contributed by atoms with E-state index in [1.807, 2.05) is 18.2 Å². The molecule has 0 saturated carbocycles. The first kappa shape index (κ1) is 14.0. The van der Waals surface area contributed by atoms with Crippen molar-refractivity contribution < 1.29 is 0 Å². The summed E-state index contributed by atoms with van der Waals surface area (Å²) in [4.78, 5) is 4.69. The van der Waals surface area contributed by atoms with Gasteiger partial charge in [-0.3, -0.25) is 0 Å². The fourth-order valence-corrected chi connectivity index (χ4v) is 3.55. The molecule has 0 fully saturated rings. The first-order valence-corrected chi connectivity index (χ1v) is 8.60. The predicted octanol–water partition coefficient (Wildman–Crippen LogP) is 4.67. The SMILES string of the molecule is C=C(NCCc1csc(-c2ccccc2)n1)c1ccsc1. The maximum atomic E-state index is 4.69. The van der Waals surface area contributed by atoms with E-state index in [1.165, 1.54) is 11.1 Å². The smallest absolute Gasteiger partial charge is 0.123 e. The number of nitrogens with one attached hydrogen (secondary N) is 1. The average Bonchev–Trinajstić information content (AvgIpc) is 3.20. The molecule has 0 aliphatic carbocycles. The molecule has 0 bridgehead atoms. The second kappa shape index (κ2) is 6.70. The lowest BCUT2D eigenvalue weighted by molar-refractivity contribution is 0.833. The molecule has 2 nitrogen and oxygen atoms in total. The number of rotatable bonds is 6. The Morgan fingerprint density at radius 2 is 2.00 bits per heavy atom. The van der Waals surface area contributed by atoms with Gasteiger partial charge in [0.25, 0.3) is 0 Å². The predicted molar refractivity (Wildman–Crippen MR) is 92.6 cm³/mol. The van der Waals surface area contributed by atoms with Crippen LogP contribution in [0.3, 0.4) is 0 Å². The molecule has 1 aromatic carbocycles. The Morgan fingerprint density at radius 1 is 1.14 bits per heavy atom. The van der Waals surface area contributed by atoms with Gasteiger partial charge < -0.3 is 5.32 Å². The molecule has 0 atom stereocenters. The highest BCUT2D eigenvalue weighted by Gasteiger charge is 2.04.